The summed E-state index contributed by atoms with van der Waals surface area (Å²) in [5.41, 5.74) is 5.83. The predicted molar refractivity (Wildman–Crippen MR) is 61.6 cm³/mol. The molecule has 1 aliphatic carbocycles. The van der Waals surface area contributed by atoms with Gasteiger partial charge >= 0.3 is 0 Å². The van der Waals surface area contributed by atoms with E-state index in [4.69, 9.17) is 15.2 Å². The van der Waals surface area contributed by atoms with Crippen molar-refractivity contribution in [1.82, 2.24) is 4.98 Å². The van der Waals surface area contributed by atoms with E-state index in [0.29, 0.717) is 18.4 Å². The Kier molecular flexibility index (Phi) is 3.62. The maximum absolute atomic E-state index is 5.83. The summed E-state index contributed by atoms with van der Waals surface area (Å²) in [6.07, 6.45) is 3.18. The Labute approximate surface area is 95.8 Å². The standard InChI is InChI=1S/C12H18N2O2/c1-2-15-11-4-3-5-12(14-11)16-10-7-6-9(13)8-10/h3-5,9-10H,2,6-8,13H2,1H3. The fourth-order valence-corrected chi connectivity index (χ4v) is 1.94. The molecule has 1 aliphatic rings. The van der Waals surface area contributed by atoms with Gasteiger partial charge in [0.15, 0.2) is 0 Å². The Bertz CT molecular complexity index is 344. The third-order valence-electron chi connectivity index (χ3n) is 2.70. The summed E-state index contributed by atoms with van der Waals surface area (Å²) < 4.78 is 11.1. The Morgan fingerprint density at radius 3 is 2.88 bits per heavy atom. The highest BCUT2D eigenvalue weighted by Gasteiger charge is 2.23. The highest BCUT2D eigenvalue weighted by molar-refractivity contribution is 5.20. The first-order valence-electron chi connectivity index (χ1n) is 5.80. The molecule has 0 bridgehead atoms. The van der Waals surface area contributed by atoms with Crippen LogP contribution in [0.1, 0.15) is 26.2 Å². The summed E-state index contributed by atoms with van der Waals surface area (Å²) in [5, 5.41) is 0. The van der Waals surface area contributed by atoms with Gasteiger partial charge in [-0.1, -0.05) is 6.07 Å². The Hall–Kier alpha value is -1.29. The summed E-state index contributed by atoms with van der Waals surface area (Å²) >= 11 is 0. The first-order valence-corrected chi connectivity index (χ1v) is 5.80. The normalized spacial score (nSPS) is 24.4. The van der Waals surface area contributed by atoms with Crippen LogP contribution < -0.4 is 15.2 Å². The molecular weight excluding hydrogens is 204 g/mol. The molecule has 0 aliphatic heterocycles. The minimum absolute atomic E-state index is 0.208. The van der Waals surface area contributed by atoms with Gasteiger partial charge in [0.25, 0.3) is 0 Å². The third-order valence-corrected chi connectivity index (χ3v) is 2.70. The second-order valence-corrected chi connectivity index (χ2v) is 4.06. The molecule has 1 fully saturated rings. The van der Waals surface area contributed by atoms with Crippen molar-refractivity contribution in [2.24, 2.45) is 5.73 Å². The first kappa shape index (κ1) is 11.2. The van der Waals surface area contributed by atoms with Crippen LogP contribution in [0, 0.1) is 0 Å². The summed E-state index contributed by atoms with van der Waals surface area (Å²) in [4.78, 5) is 4.27. The zero-order valence-corrected chi connectivity index (χ0v) is 9.56. The molecule has 4 nitrogen and oxygen atoms in total. The second-order valence-electron chi connectivity index (χ2n) is 4.06. The molecule has 0 saturated heterocycles. The van der Waals surface area contributed by atoms with E-state index in [1.165, 1.54) is 0 Å². The number of rotatable bonds is 4. The van der Waals surface area contributed by atoms with Gasteiger partial charge in [0.1, 0.15) is 6.10 Å². The van der Waals surface area contributed by atoms with Gasteiger partial charge in [-0.3, -0.25) is 0 Å². The molecule has 16 heavy (non-hydrogen) atoms. The van der Waals surface area contributed by atoms with E-state index in [0.717, 1.165) is 19.3 Å². The average Bonchev–Trinajstić information content (AvgIpc) is 2.65. The van der Waals surface area contributed by atoms with Crippen LogP contribution in [0.15, 0.2) is 18.2 Å². The highest BCUT2D eigenvalue weighted by Crippen LogP contribution is 2.23. The molecule has 2 N–H and O–H groups in total. The number of hydrogen-bond donors (Lipinski definition) is 1. The van der Waals surface area contributed by atoms with Crippen LogP contribution in [0.2, 0.25) is 0 Å². The molecule has 0 aromatic carbocycles. The zero-order chi connectivity index (χ0) is 11.4. The quantitative estimate of drug-likeness (QED) is 0.843. The van der Waals surface area contributed by atoms with Crippen LogP contribution in [-0.2, 0) is 0 Å². The van der Waals surface area contributed by atoms with Gasteiger partial charge in [-0.2, -0.15) is 4.98 Å². The monoisotopic (exact) mass is 222 g/mol. The lowest BCUT2D eigenvalue weighted by Gasteiger charge is -2.13. The second kappa shape index (κ2) is 5.16. The smallest absolute Gasteiger partial charge is 0.216 e. The maximum Gasteiger partial charge on any atom is 0.216 e. The van der Waals surface area contributed by atoms with E-state index in [9.17, 15) is 0 Å². The van der Waals surface area contributed by atoms with Gasteiger partial charge in [0, 0.05) is 18.2 Å². The van der Waals surface area contributed by atoms with Crippen LogP contribution in [0.25, 0.3) is 0 Å². The van der Waals surface area contributed by atoms with Crippen molar-refractivity contribution in [2.45, 2.75) is 38.3 Å². The van der Waals surface area contributed by atoms with Crippen molar-refractivity contribution in [3.8, 4) is 11.8 Å². The lowest BCUT2D eigenvalue weighted by Crippen LogP contribution is -2.19. The molecule has 0 amide bonds. The van der Waals surface area contributed by atoms with Gasteiger partial charge < -0.3 is 15.2 Å². The molecule has 4 heteroatoms. The third kappa shape index (κ3) is 2.85. The molecular formula is C12H18N2O2. The van der Waals surface area contributed by atoms with Crippen LogP contribution in [0.5, 0.6) is 11.8 Å². The molecule has 1 aromatic rings. The predicted octanol–water partition coefficient (Wildman–Crippen LogP) is 1.74. The number of pyridine rings is 1. The zero-order valence-electron chi connectivity index (χ0n) is 9.56. The molecule has 1 saturated carbocycles. The van der Waals surface area contributed by atoms with Crippen molar-refractivity contribution in [3.63, 3.8) is 0 Å². The topological polar surface area (TPSA) is 57.4 Å². The molecule has 1 aromatic heterocycles. The molecule has 2 unspecified atom stereocenters. The van der Waals surface area contributed by atoms with Gasteiger partial charge in [-0.15, -0.1) is 0 Å². The first-order chi connectivity index (χ1) is 7.78. The Balaban J connectivity index is 1.95. The van der Waals surface area contributed by atoms with E-state index in [-0.39, 0.29) is 12.1 Å². The molecule has 2 atom stereocenters. The van der Waals surface area contributed by atoms with Gasteiger partial charge in [-0.25, -0.2) is 0 Å². The van der Waals surface area contributed by atoms with E-state index in [1.807, 2.05) is 25.1 Å². The maximum atomic E-state index is 5.83. The number of nitrogens with two attached hydrogens (primary N) is 1. The Morgan fingerprint density at radius 1 is 1.38 bits per heavy atom. The highest BCUT2D eigenvalue weighted by atomic mass is 16.5. The lowest BCUT2D eigenvalue weighted by molar-refractivity contribution is 0.196. The van der Waals surface area contributed by atoms with E-state index >= 15 is 0 Å². The molecule has 88 valence electrons. The SMILES string of the molecule is CCOc1cccc(OC2CCC(N)C2)n1. The minimum atomic E-state index is 0.208. The fraction of sp³-hybridized carbons (Fsp3) is 0.583. The van der Waals surface area contributed by atoms with Crippen molar-refractivity contribution in [3.05, 3.63) is 18.2 Å². The lowest BCUT2D eigenvalue weighted by atomic mass is 10.3. The molecule has 0 radical (unpaired) electrons. The van der Waals surface area contributed by atoms with Crippen LogP contribution in [0.4, 0.5) is 0 Å². The van der Waals surface area contributed by atoms with E-state index in [2.05, 4.69) is 4.98 Å². The molecule has 2 rings (SSSR count). The fourth-order valence-electron chi connectivity index (χ4n) is 1.94. The summed E-state index contributed by atoms with van der Waals surface area (Å²) in [5.74, 6) is 1.24. The van der Waals surface area contributed by atoms with Gasteiger partial charge in [0.2, 0.25) is 11.8 Å². The van der Waals surface area contributed by atoms with Crippen LogP contribution in [0.3, 0.4) is 0 Å². The van der Waals surface area contributed by atoms with E-state index in [1.54, 1.807) is 0 Å². The molecule has 0 spiro atoms. The molecule has 1 heterocycles. The Morgan fingerprint density at radius 2 is 2.19 bits per heavy atom. The van der Waals surface area contributed by atoms with Crippen molar-refractivity contribution < 1.29 is 9.47 Å². The van der Waals surface area contributed by atoms with Gasteiger partial charge in [-0.05, 0) is 26.2 Å². The van der Waals surface area contributed by atoms with Crippen molar-refractivity contribution in [2.75, 3.05) is 6.61 Å². The number of hydrogen-bond acceptors (Lipinski definition) is 4. The summed E-state index contributed by atoms with van der Waals surface area (Å²) in [6.45, 7) is 2.55. The van der Waals surface area contributed by atoms with Crippen molar-refractivity contribution in [1.29, 1.82) is 0 Å². The summed E-state index contributed by atoms with van der Waals surface area (Å²) in [6, 6.07) is 5.85. The number of aromatic nitrogens is 1. The van der Waals surface area contributed by atoms with Gasteiger partial charge in [0.05, 0.1) is 6.61 Å². The average molecular weight is 222 g/mol. The van der Waals surface area contributed by atoms with Crippen LogP contribution in [-0.4, -0.2) is 23.7 Å². The van der Waals surface area contributed by atoms with Crippen molar-refractivity contribution >= 4 is 0 Å². The summed E-state index contributed by atoms with van der Waals surface area (Å²) in [7, 11) is 0. The number of nitrogens with zero attached hydrogens (tertiary/aromatic N) is 1. The minimum Gasteiger partial charge on any atom is -0.478 e. The van der Waals surface area contributed by atoms with E-state index < -0.39 is 0 Å². The number of ether oxygens (including phenoxy) is 2. The van der Waals surface area contributed by atoms with Crippen LogP contribution >= 0.6 is 0 Å². The largest absolute Gasteiger partial charge is 0.478 e.